The van der Waals surface area contributed by atoms with Crippen LogP contribution in [0.3, 0.4) is 0 Å². The molecule has 1 fully saturated rings. The molecule has 1 heterocycles. The summed E-state index contributed by atoms with van der Waals surface area (Å²) in [5.74, 6) is -10.4. The summed E-state index contributed by atoms with van der Waals surface area (Å²) in [7, 11) is 12.8. The average Bonchev–Trinajstić information content (AvgIpc) is 0.809. The molecule has 27 heteroatoms. The number of hydrogen-bond acceptors (Lipinski definition) is 15. The van der Waals surface area contributed by atoms with E-state index in [1.165, 1.54) is 87.7 Å². The summed E-state index contributed by atoms with van der Waals surface area (Å²) in [6.45, 7) is 26.9. The summed E-state index contributed by atoms with van der Waals surface area (Å²) >= 11 is 0. The van der Waals surface area contributed by atoms with E-state index in [9.17, 15) is 48.3 Å². The van der Waals surface area contributed by atoms with E-state index in [1.807, 2.05) is 41.5 Å². The molecule has 27 nitrogen and oxygen atoms in total. The van der Waals surface area contributed by atoms with Crippen LogP contribution in [0.15, 0.2) is 12.2 Å². The van der Waals surface area contributed by atoms with Crippen molar-refractivity contribution in [3.05, 3.63) is 12.2 Å². The third-order valence-electron chi connectivity index (χ3n) is 17.3. The highest BCUT2D eigenvalue weighted by Gasteiger charge is 2.46. The maximum Gasteiger partial charge on any atom is 0.409 e. The third-order valence-corrected chi connectivity index (χ3v) is 17.3. The molecule has 1 saturated heterocycles. The van der Waals surface area contributed by atoms with Gasteiger partial charge in [0.2, 0.25) is 65.0 Å². The standard InChI is InChI=1S/C67H120N12O15/c1-26-28-31-43(13)56(81)55-60(85)70-47(27-2)62(87)73(19)37-51(80)77(23)54(46(16)93-32-29-30-33-94-67(92)72(17)18)59(84)71-52(41(9)10)65(90)74(20)48(34-38(3)4)58(83)68-44(14)57(82)69-45(15)61(86)75(21)49(35-39(5)6)63(88)76(22)50(36-40(7)8)64(89)78(24)53(42(11)12)66(91)79(55)25/h26,28,38-50,52-56,81H,27,29-37H2,1-25H3,(H,68,83)(H,69,82)(H,70,85)(H,71,84)/t43-,44+,45-,46-,47+,48+,49+,50-,52+,53+,54+,55+,56-/m1/s1. The van der Waals surface area contributed by atoms with Crippen molar-refractivity contribution in [3.63, 3.8) is 0 Å². The van der Waals surface area contributed by atoms with E-state index in [0.717, 1.165) is 14.7 Å². The molecule has 0 aliphatic carbocycles. The Kier molecular flexibility index (Phi) is 36.1. The monoisotopic (exact) mass is 1330 g/mol. The molecule has 0 aromatic rings. The maximum absolute atomic E-state index is 15.2. The van der Waals surface area contributed by atoms with Crippen LogP contribution in [-0.4, -0.2) is 271 Å². The summed E-state index contributed by atoms with van der Waals surface area (Å²) < 4.78 is 11.4. The molecule has 0 aromatic heterocycles. The summed E-state index contributed by atoms with van der Waals surface area (Å²) in [6.07, 6.45) is 1.81. The first kappa shape index (κ1) is 85.1. The Morgan fingerprint density at radius 3 is 1.50 bits per heavy atom. The Labute approximate surface area is 560 Å². The third kappa shape index (κ3) is 24.7. The molecule has 0 spiro atoms. The van der Waals surface area contributed by atoms with Crippen LogP contribution in [0.2, 0.25) is 0 Å². The van der Waals surface area contributed by atoms with E-state index in [4.69, 9.17) is 9.47 Å². The van der Waals surface area contributed by atoms with Crippen LogP contribution < -0.4 is 21.3 Å². The van der Waals surface area contributed by atoms with Crippen molar-refractivity contribution >= 4 is 71.1 Å². The molecule has 12 amide bonds. The second kappa shape index (κ2) is 39.8. The van der Waals surface area contributed by atoms with Gasteiger partial charge in [-0.25, -0.2) is 4.79 Å². The molecule has 1 aliphatic rings. The molecular weight excluding hydrogens is 1210 g/mol. The smallest absolute Gasteiger partial charge is 0.409 e. The second-order valence-electron chi connectivity index (χ2n) is 27.7. The molecule has 5 N–H and O–H groups in total. The molecule has 13 atom stereocenters. The fraction of sp³-hybridized carbons (Fsp3) is 0.791. The number of carbonyl (C=O) groups is 12. The van der Waals surface area contributed by atoms with Crippen LogP contribution in [0.5, 0.6) is 0 Å². The molecule has 0 aromatic carbocycles. The Hall–Kier alpha value is -6.90. The van der Waals surface area contributed by atoms with E-state index < -0.39 is 168 Å². The molecule has 94 heavy (non-hydrogen) atoms. The number of likely N-dealkylation sites (N-methyl/N-ethyl adjacent to an activating group) is 7. The van der Waals surface area contributed by atoms with Gasteiger partial charge in [0.15, 0.2) is 0 Å². The van der Waals surface area contributed by atoms with Gasteiger partial charge >= 0.3 is 6.09 Å². The Morgan fingerprint density at radius 2 is 1.01 bits per heavy atom. The highest BCUT2D eigenvalue weighted by atomic mass is 16.6. The van der Waals surface area contributed by atoms with Gasteiger partial charge in [0.1, 0.15) is 60.4 Å². The van der Waals surface area contributed by atoms with Gasteiger partial charge in [0.25, 0.3) is 0 Å². The van der Waals surface area contributed by atoms with Gasteiger partial charge in [0.05, 0.1) is 25.4 Å². The van der Waals surface area contributed by atoms with Crippen LogP contribution >= 0.6 is 0 Å². The van der Waals surface area contributed by atoms with Crippen LogP contribution in [0.1, 0.15) is 156 Å². The SMILES string of the molecule is CC=CC[C@@H](C)[C@@H](O)[C@H]1C(=O)N[C@@H](CC)C(=O)N(C)CC(=O)N(C)[C@@H]([C@@H](C)OCCCCOC(=O)N(C)C)C(=O)N[C@@H](C(C)C)C(=O)N(C)[C@@H](CC(C)C)C(=O)N[C@@H](C)C(=O)N[C@H](C)C(=O)N(C)[C@@H](CC(C)C)C(=O)N(C)[C@H](CC(C)C)C(=O)N(C)[C@@H](C(C)C)C(=O)N1C. The zero-order valence-corrected chi connectivity index (χ0v) is 61.4. The zero-order valence-electron chi connectivity index (χ0n) is 61.4. The summed E-state index contributed by atoms with van der Waals surface area (Å²) in [5.41, 5.74) is 0. The van der Waals surface area contributed by atoms with Gasteiger partial charge in [0, 0.05) is 70.0 Å². The van der Waals surface area contributed by atoms with Crippen LogP contribution in [0.4, 0.5) is 4.79 Å². The largest absolute Gasteiger partial charge is 0.449 e. The fourth-order valence-corrected chi connectivity index (χ4v) is 11.3. The van der Waals surface area contributed by atoms with Crippen molar-refractivity contribution in [1.29, 1.82) is 0 Å². The van der Waals surface area contributed by atoms with Crippen molar-refractivity contribution < 1.29 is 72.1 Å². The average molecular weight is 1330 g/mol. The Morgan fingerprint density at radius 1 is 0.543 bits per heavy atom. The number of hydrogen-bond donors (Lipinski definition) is 5. The topological polar surface area (TPSA) is 318 Å². The maximum atomic E-state index is 15.2. The van der Waals surface area contributed by atoms with E-state index in [0.29, 0.717) is 12.8 Å². The predicted octanol–water partition coefficient (Wildman–Crippen LogP) is 3.11. The molecule has 0 saturated carbocycles. The normalized spacial score (nSPS) is 25.6. The Bertz CT molecular complexity index is 2580. The van der Waals surface area contributed by atoms with Crippen LogP contribution in [-0.2, 0) is 62.2 Å². The first-order valence-electron chi connectivity index (χ1n) is 33.3. The minimum Gasteiger partial charge on any atom is -0.449 e. The number of rotatable bonds is 20. The molecular formula is C67H120N12O15. The summed E-state index contributed by atoms with van der Waals surface area (Å²) in [4.78, 5) is 184. The van der Waals surface area contributed by atoms with Gasteiger partial charge in [-0.1, -0.05) is 95.2 Å². The highest BCUT2D eigenvalue weighted by Crippen LogP contribution is 2.26. The lowest BCUT2D eigenvalue weighted by Gasteiger charge is -2.41. The second-order valence-corrected chi connectivity index (χ2v) is 27.7. The van der Waals surface area contributed by atoms with Gasteiger partial charge in [-0.05, 0) is 108 Å². The number of aliphatic hydroxyl groups is 1. The van der Waals surface area contributed by atoms with Gasteiger partial charge in [-0.2, -0.15) is 0 Å². The van der Waals surface area contributed by atoms with Gasteiger partial charge in [-0.15, -0.1) is 0 Å². The van der Waals surface area contributed by atoms with E-state index in [1.54, 1.807) is 81.6 Å². The van der Waals surface area contributed by atoms with E-state index in [2.05, 4.69) is 21.3 Å². The molecule has 0 radical (unpaired) electrons. The van der Waals surface area contributed by atoms with Crippen molar-refractivity contribution in [2.75, 3.05) is 83.2 Å². The number of nitrogens with one attached hydrogen (secondary N) is 4. The van der Waals surface area contributed by atoms with Crippen molar-refractivity contribution in [2.45, 2.75) is 228 Å². The van der Waals surface area contributed by atoms with Gasteiger partial charge < -0.3 is 75.0 Å². The van der Waals surface area contributed by atoms with Crippen molar-refractivity contribution in [3.8, 4) is 0 Å². The first-order chi connectivity index (χ1) is 43.5. The predicted molar refractivity (Wildman–Crippen MR) is 359 cm³/mol. The number of nitrogens with zero attached hydrogens (tertiary/aromatic N) is 8. The van der Waals surface area contributed by atoms with Crippen molar-refractivity contribution in [1.82, 2.24) is 60.5 Å². The minimum atomic E-state index is -1.65. The molecule has 0 bridgehead atoms. The van der Waals surface area contributed by atoms with Crippen LogP contribution in [0, 0.1) is 35.5 Å². The van der Waals surface area contributed by atoms with E-state index >= 15 is 14.4 Å². The number of carbonyl (C=O) groups excluding carboxylic acids is 12. The lowest BCUT2D eigenvalue weighted by atomic mass is 9.91. The quantitative estimate of drug-likeness (QED) is 0.0864. The first-order valence-corrected chi connectivity index (χ1v) is 33.3. The van der Waals surface area contributed by atoms with E-state index in [-0.39, 0.29) is 63.1 Å². The molecule has 1 aliphatic heterocycles. The van der Waals surface area contributed by atoms with Gasteiger partial charge in [-0.3, -0.25) is 52.7 Å². The summed E-state index contributed by atoms with van der Waals surface area (Å²) in [5, 5.41) is 23.1. The fourth-order valence-electron chi connectivity index (χ4n) is 11.3. The Balaban J connectivity index is 4.37. The number of amides is 12. The summed E-state index contributed by atoms with van der Waals surface area (Å²) in [6, 6.07) is -13.1. The lowest BCUT2D eigenvalue weighted by molar-refractivity contribution is -0.157. The molecule has 1 rings (SSSR count). The number of ether oxygens (including phenoxy) is 2. The lowest BCUT2D eigenvalue weighted by Crippen LogP contribution is -2.63. The number of unbranched alkanes of at least 4 members (excludes halogenated alkanes) is 1. The molecule has 0 unspecified atom stereocenters. The minimum absolute atomic E-state index is 0.0269. The number of allylic oxidation sites excluding steroid dienone is 2. The van der Waals surface area contributed by atoms with Crippen LogP contribution in [0.25, 0.3) is 0 Å². The number of aliphatic hydroxyl groups excluding tert-OH is 1. The molecule has 538 valence electrons. The highest BCUT2D eigenvalue weighted by molar-refractivity contribution is 5.99. The zero-order chi connectivity index (χ0) is 72.7. The van der Waals surface area contributed by atoms with Crippen molar-refractivity contribution in [2.24, 2.45) is 35.5 Å².